The number of aromatic nitrogens is 1. The van der Waals surface area contributed by atoms with Gasteiger partial charge in [0, 0.05) is 44.5 Å². The van der Waals surface area contributed by atoms with Gasteiger partial charge in [0.05, 0.1) is 6.34 Å². The van der Waals surface area contributed by atoms with E-state index in [1.807, 2.05) is 32.6 Å². The number of rotatable bonds is 1. The highest BCUT2D eigenvalue weighted by Gasteiger charge is 2.35. The van der Waals surface area contributed by atoms with Gasteiger partial charge in [-0.15, -0.1) is 0 Å². The van der Waals surface area contributed by atoms with Crippen molar-refractivity contribution in [3.05, 3.63) is 17.8 Å². The molecule has 1 aromatic rings. The van der Waals surface area contributed by atoms with E-state index in [-0.39, 0.29) is 12.2 Å². The smallest absolute Gasteiger partial charge is 0.407 e. The Kier molecular flexibility index (Phi) is 3.13. The first-order valence-electron chi connectivity index (χ1n) is 6.75. The average Bonchev–Trinajstić information content (AvgIpc) is 2.86. The van der Waals surface area contributed by atoms with Crippen molar-refractivity contribution in [3.8, 4) is 0 Å². The molecule has 1 fully saturated rings. The predicted octanol–water partition coefficient (Wildman–Crippen LogP) is 1.30. The zero-order valence-electron chi connectivity index (χ0n) is 11.7. The molecule has 7 nitrogen and oxygen atoms in total. The Labute approximate surface area is 117 Å². The van der Waals surface area contributed by atoms with Crippen LogP contribution in [0.3, 0.4) is 0 Å². The largest absolute Gasteiger partial charge is 0.465 e. The first kappa shape index (κ1) is 13.0. The number of hydrogen-bond acceptors (Lipinski definition) is 4. The zero-order valence-corrected chi connectivity index (χ0v) is 11.7. The van der Waals surface area contributed by atoms with Gasteiger partial charge in [-0.3, -0.25) is 4.90 Å². The van der Waals surface area contributed by atoms with Gasteiger partial charge in [0.2, 0.25) is 0 Å². The van der Waals surface area contributed by atoms with Crippen molar-refractivity contribution in [2.45, 2.75) is 19.1 Å². The van der Waals surface area contributed by atoms with Gasteiger partial charge in [0.1, 0.15) is 12.0 Å². The Morgan fingerprint density at radius 1 is 1.50 bits per heavy atom. The van der Waals surface area contributed by atoms with E-state index < -0.39 is 6.09 Å². The number of piperazine rings is 1. The van der Waals surface area contributed by atoms with Crippen LogP contribution >= 0.6 is 0 Å². The van der Waals surface area contributed by atoms with Crippen LogP contribution in [0.4, 0.5) is 10.6 Å². The summed E-state index contributed by atoms with van der Waals surface area (Å²) in [6.45, 7) is 3.94. The average molecular weight is 277 g/mol. The topological polar surface area (TPSA) is 75.2 Å². The SMILES string of the molecule is CC1CN([C@@H]2c3cc[nH]c3N=CN2C)CCN1C(=O)O. The van der Waals surface area contributed by atoms with Gasteiger partial charge < -0.3 is 19.9 Å². The minimum absolute atomic E-state index is 0.00379. The van der Waals surface area contributed by atoms with E-state index in [2.05, 4.69) is 19.8 Å². The van der Waals surface area contributed by atoms with Crippen molar-refractivity contribution >= 4 is 18.2 Å². The summed E-state index contributed by atoms with van der Waals surface area (Å²) in [5, 5.41) is 9.15. The van der Waals surface area contributed by atoms with Gasteiger partial charge in [-0.05, 0) is 13.0 Å². The molecule has 2 aliphatic rings. The maximum Gasteiger partial charge on any atom is 0.407 e. The third-order valence-electron chi connectivity index (χ3n) is 4.04. The summed E-state index contributed by atoms with van der Waals surface area (Å²) in [5.41, 5.74) is 1.14. The number of aromatic amines is 1. The summed E-state index contributed by atoms with van der Waals surface area (Å²) in [6, 6.07) is 2.04. The first-order chi connectivity index (χ1) is 9.58. The molecule has 3 heterocycles. The van der Waals surface area contributed by atoms with Crippen LogP contribution in [-0.4, -0.2) is 69.9 Å². The van der Waals surface area contributed by atoms with Crippen molar-refractivity contribution in [3.63, 3.8) is 0 Å². The number of amides is 1. The van der Waals surface area contributed by atoms with Gasteiger partial charge >= 0.3 is 6.09 Å². The van der Waals surface area contributed by atoms with Crippen molar-refractivity contribution in [2.75, 3.05) is 26.7 Å². The quantitative estimate of drug-likeness (QED) is 0.811. The van der Waals surface area contributed by atoms with Crippen LogP contribution in [-0.2, 0) is 0 Å². The lowest BCUT2D eigenvalue weighted by molar-refractivity contribution is 0.0227. The molecule has 1 aromatic heterocycles. The van der Waals surface area contributed by atoms with Crippen LogP contribution in [0.25, 0.3) is 0 Å². The minimum Gasteiger partial charge on any atom is -0.465 e. The Morgan fingerprint density at radius 3 is 3.00 bits per heavy atom. The summed E-state index contributed by atoms with van der Waals surface area (Å²) < 4.78 is 0. The lowest BCUT2D eigenvalue weighted by atomic mass is 10.1. The van der Waals surface area contributed by atoms with Crippen molar-refractivity contribution < 1.29 is 9.90 Å². The maximum absolute atomic E-state index is 11.1. The molecule has 0 spiro atoms. The summed E-state index contributed by atoms with van der Waals surface area (Å²) in [6.07, 6.45) is 2.99. The summed E-state index contributed by atoms with van der Waals surface area (Å²) >= 11 is 0. The molecular formula is C13H19N5O2. The first-order valence-corrected chi connectivity index (χ1v) is 6.75. The number of H-pyrrole nitrogens is 1. The predicted molar refractivity (Wildman–Crippen MR) is 75.2 cm³/mol. The van der Waals surface area contributed by atoms with Crippen LogP contribution < -0.4 is 0 Å². The molecular weight excluding hydrogens is 258 g/mol. The molecule has 7 heteroatoms. The molecule has 1 unspecified atom stereocenters. The van der Waals surface area contributed by atoms with Crippen LogP contribution in [0.5, 0.6) is 0 Å². The van der Waals surface area contributed by atoms with E-state index in [1.54, 1.807) is 0 Å². The van der Waals surface area contributed by atoms with E-state index in [0.717, 1.165) is 24.5 Å². The van der Waals surface area contributed by atoms with Gasteiger partial charge in [-0.1, -0.05) is 0 Å². The number of nitrogens with one attached hydrogen (secondary N) is 1. The zero-order chi connectivity index (χ0) is 14.3. The molecule has 0 aromatic carbocycles. The summed E-state index contributed by atoms with van der Waals surface area (Å²) in [5.74, 6) is 0.890. The maximum atomic E-state index is 11.1. The van der Waals surface area contributed by atoms with Crippen molar-refractivity contribution in [2.24, 2.45) is 4.99 Å². The lowest BCUT2D eigenvalue weighted by Crippen LogP contribution is -2.56. The Balaban J connectivity index is 1.81. The molecule has 0 aliphatic carbocycles. The van der Waals surface area contributed by atoms with Crippen LogP contribution in [0, 0.1) is 0 Å². The Morgan fingerprint density at radius 2 is 2.30 bits per heavy atom. The van der Waals surface area contributed by atoms with E-state index >= 15 is 0 Å². The highest BCUT2D eigenvalue weighted by Crippen LogP contribution is 2.34. The molecule has 0 bridgehead atoms. The fraction of sp³-hybridized carbons (Fsp3) is 0.538. The molecule has 3 rings (SSSR count). The molecule has 1 saturated heterocycles. The van der Waals surface area contributed by atoms with Crippen LogP contribution in [0.2, 0.25) is 0 Å². The van der Waals surface area contributed by atoms with Crippen LogP contribution in [0.15, 0.2) is 17.3 Å². The van der Waals surface area contributed by atoms with Gasteiger partial charge in [0.25, 0.3) is 0 Å². The molecule has 1 amide bonds. The fourth-order valence-corrected chi connectivity index (χ4v) is 3.07. The second-order valence-corrected chi connectivity index (χ2v) is 5.39. The highest BCUT2D eigenvalue weighted by atomic mass is 16.4. The normalized spacial score (nSPS) is 26.7. The number of carbonyl (C=O) groups is 1. The van der Waals surface area contributed by atoms with Gasteiger partial charge in [0.15, 0.2) is 0 Å². The van der Waals surface area contributed by atoms with Crippen molar-refractivity contribution in [1.82, 2.24) is 19.7 Å². The number of hydrogen-bond donors (Lipinski definition) is 2. The van der Waals surface area contributed by atoms with Crippen LogP contribution in [0.1, 0.15) is 18.7 Å². The minimum atomic E-state index is -0.835. The Hall–Kier alpha value is -2.02. The van der Waals surface area contributed by atoms with Crippen molar-refractivity contribution in [1.29, 1.82) is 0 Å². The van der Waals surface area contributed by atoms with Gasteiger partial charge in [-0.2, -0.15) is 0 Å². The standard InChI is InChI=1S/C13H19N5O2/c1-9-7-17(5-6-18(9)13(19)20)12-10-3-4-14-11(10)15-8-16(12)2/h3-4,8-9,12,14H,5-7H2,1-2H3,(H,19,20)/t9?,12-/m1/s1. The third-order valence-corrected chi connectivity index (χ3v) is 4.04. The Bertz CT molecular complexity index is 541. The van der Waals surface area contributed by atoms with Gasteiger partial charge in [-0.25, -0.2) is 9.79 Å². The second kappa shape index (κ2) is 4.82. The highest BCUT2D eigenvalue weighted by molar-refractivity contribution is 5.66. The molecule has 2 atom stereocenters. The summed E-state index contributed by atoms with van der Waals surface area (Å²) in [4.78, 5) is 24.5. The molecule has 0 saturated carbocycles. The molecule has 2 N–H and O–H groups in total. The van der Waals surface area contributed by atoms with E-state index in [4.69, 9.17) is 5.11 Å². The molecule has 20 heavy (non-hydrogen) atoms. The van der Waals surface area contributed by atoms with E-state index in [0.29, 0.717) is 6.54 Å². The van der Waals surface area contributed by atoms with E-state index in [9.17, 15) is 4.79 Å². The number of nitrogens with zero attached hydrogens (tertiary/aromatic N) is 4. The molecule has 108 valence electrons. The number of aliphatic imine (C=N–C) groups is 1. The second-order valence-electron chi connectivity index (χ2n) is 5.39. The molecule has 2 aliphatic heterocycles. The van der Waals surface area contributed by atoms with E-state index in [1.165, 1.54) is 4.90 Å². The monoisotopic (exact) mass is 277 g/mol. The molecule has 0 radical (unpaired) electrons. The third kappa shape index (κ3) is 2.03. The number of carboxylic acid groups (broad SMARTS) is 1. The lowest BCUT2D eigenvalue weighted by Gasteiger charge is -2.45. The fourth-order valence-electron chi connectivity index (χ4n) is 3.07. The summed E-state index contributed by atoms with van der Waals surface area (Å²) in [7, 11) is 2.00. The number of fused-ring (bicyclic) bond motifs is 1.